The van der Waals surface area contributed by atoms with Crippen molar-refractivity contribution in [2.24, 2.45) is 0 Å². The third-order valence-electron chi connectivity index (χ3n) is 2.25. The molecule has 66 valence electrons. The molecule has 0 spiro atoms. The number of nitrogens with zero attached hydrogens (tertiary/aromatic N) is 3. The van der Waals surface area contributed by atoms with Crippen LogP contribution in [0.25, 0.3) is 22.2 Å². The summed E-state index contributed by atoms with van der Waals surface area (Å²) >= 11 is 0. The lowest BCUT2D eigenvalue weighted by Crippen LogP contribution is -1.76. The summed E-state index contributed by atoms with van der Waals surface area (Å²) in [4.78, 5) is 4.33. The lowest BCUT2D eigenvalue weighted by atomic mass is 10.1. The first-order chi connectivity index (χ1) is 6.95. The van der Waals surface area contributed by atoms with Gasteiger partial charge in [-0.05, 0) is 12.1 Å². The first-order valence-corrected chi connectivity index (χ1v) is 4.40. The van der Waals surface area contributed by atoms with Gasteiger partial charge in [-0.3, -0.25) is 4.98 Å². The molecule has 3 rings (SSSR count). The highest BCUT2D eigenvalue weighted by Crippen LogP contribution is 2.24. The Labute approximate surface area is 80.8 Å². The number of fused-ring (bicyclic) bond motifs is 3. The van der Waals surface area contributed by atoms with E-state index in [9.17, 15) is 0 Å². The van der Waals surface area contributed by atoms with Crippen LogP contribution in [0.5, 0.6) is 0 Å². The summed E-state index contributed by atoms with van der Waals surface area (Å²) in [5.74, 6) is 0. The van der Waals surface area contributed by atoms with Crippen molar-refractivity contribution in [2.75, 3.05) is 0 Å². The molecule has 2 aliphatic heterocycles. The standard InChI is InChI=1S/C11H7N3/c1-2-4-10-9(3-1)11-8(5-6-12-10)7-13-14-11/h1-7H. The summed E-state index contributed by atoms with van der Waals surface area (Å²) in [6, 6.07) is 9.87. The first-order valence-electron chi connectivity index (χ1n) is 4.40. The molecule has 0 aliphatic carbocycles. The molecule has 0 fully saturated rings. The van der Waals surface area contributed by atoms with Gasteiger partial charge in [0.25, 0.3) is 0 Å². The van der Waals surface area contributed by atoms with Crippen molar-refractivity contribution in [3.8, 4) is 11.3 Å². The van der Waals surface area contributed by atoms with Gasteiger partial charge in [0, 0.05) is 17.1 Å². The van der Waals surface area contributed by atoms with E-state index in [2.05, 4.69) is 15.2 Å². The van der Waals surface area contributed by atoms with Gasteiger partial charge in [0.05, 0.1) is 11.7 Å². The van der Waals surface area contributed by atoms with Crippen molar-refractivity contribution in [3.63, 3.8) is 0 Å². The lowest BCUT2D eigenvalue weighted by Gasteiger charge is -1.92. The minimum Gasteiger partial charge on any atom is -0.256 e. The molecule has 0 unspecified atom stereocenters. The molecule has 14 heavy (non-hydrogen) atoms. The van der Waals surface area contributed by atoms with Gasteiger partial charge in [0.1, 0.15) is 5.69 Å². The molecule has 0 N–H and O–H groups in total. The predicted molar refractivity (Wildman–Crippen MR) is 54.0 cm³/mol. The molecule has 0 aromatic heterocycles. The number of rotatable bonds is 0. The highest BCUT2D eigenvalue weighted by atomic mass is 15.1. The topological polar surface area (TPSA) is 38.7 Å². The molecular weight excluding hydrogens is 174 g/mol. The molecule has 0 bridgehead atoms. The van der Waals surface area contributed by atoms with E-state index in [4.69, 9.17) is 0 Å². The quantitative estimate of drug-likeness (QED) is 0.533. The second-order valence-electron chi connectivity index (χ2n) is 3.11. The summed E-state index contributed by atoms with van der Waals surface area (Å²) in [6.07, 6.45) is 3.54. The molecule has 0 saturated heterocycles. The highest BCUT2D eigenvalue weighted by Gasteiger charge is 2.07. The van der Waals surface area contributed by atoms with Gasteiger partial charge in [-0.25, -0.2) is 0 Å². The fraction of sp³-hybridized carbons (Fsp3) is 0. The van der Waals surface area contributed by atoms with E-state index in [1.807, 2.05) is 30.3 Å². The van der Waals surface area contributed by atoms with Gasteiger partial charge in [-0.1, -0.05) is 18.2 Å². The molecule has 0 radical (unpaired) electrons. The molecule has 3 heteroatoms. The second kappa shape index (κ2) is 2.73. The van der Waals surface area contributed by atoms with Crippen molar-refractivity contribution in [3.05, 3.63) is 42.7 Å². The van der Waals surface area contributed by atoms with Crippen LogP contribution in [0.2, 0.25) is 0 Å². The maximum atomic E-state index is 4.33. The summed E-state index contributed by atoms with van der Waals surface area (Å²) in [7, 11) is 0. The largest absolute Gasteiger partial charge is 0.256 e. The van der Waals surface area contributed by atoms with Gasteiger partial charge >= 0.3 is 0 Å². The van der Waals surface area contributed by atoms with Crippen LogP contribution < -0.4 is 0 Å². The number of aromatic nitrogens is 3. The third-order valence-corrected chi connectivity index (χ3v) is 2.25. The van der Waals surface area contributed by atoms with E-state index in [1.54, 1.807) is 12.4 Å². The average Bonchev–Trinajstić information content (AvgIpc) is 2.61. The van der Waals surface area contributed by atoms with E-state index in [-0.39, 0.29) is 0 Å². The Morgan fingerprint density at radius 2 is 1.93 bits per heavy atom. The number of benzene rings is 1. The van der Waals surface area contributed by atoms with E-state index in [1.165, 1.54) is 0 Å². The molecule has 1 aromatic carbocycles. The number of hydrogen-bond donors (Lipinski definition) is 0. The second-order valence-corrected chi connectivity index (χ2v) is 3.11. The molecular formula is C11H7N3. The maximum Gasteiger partial charge on any atom is 0.104 e. The Morgan fingerprint density at radius 1 is 1.00 bits per heavy atom. The Kier molecular flexibility index (Phi) is 1.44. The fourth-order valence-electron chi connectivity index (χ4n) is 1.58. The zero-order valence-electron chi connectivity index (χ0n) is 7.38. The molecule has 0 saturated carbocycles. The monoisotopic (exact) mass is 181 g/mol. The Bertz CT molecular complexity index is 562. The van der Waals surface area contributed by atoms with E-state index < -0.39 is 0 Å². The van der Waals surface area contributed by atoms with E-state index >= 15 is 0 Å². The maximum absolute atomic E-state index is 4.33. The van der Waals surface area contributed by atoms with Gasteiger partial charge in [-0.15, -0.1) is 5.10 Å². The van der Waals surface area contributed by atoms with Crippen LogP contribution in [0.3, 0.4) is 0 Å². The molecule has 3 nitrogen and oxygen atoms in total. The molecule has 2 aliphatic rings. The number of para-hydroxylation sites is 1. The minimum absolute atomic E-state index is 0.915. The van der Waals surface area contributed by atoms with Gasteiger partial charge in [0.15, 0.2) is 0 Å². The van der Waals surface area contributed by atoms with E-state index in [0.29, 0.717) is 0 Å². The Balaban J connectivity index is 2.56. The zero-order valence-corrected chi connectivity index (χ0v) is 7.38. The van der Waals surface area contributed by atoms with Gasteiger partial charge in [-0.2, -0.15) is 5.10 Å². The lowest BCUT2D eigenvalue weighted by molar-refractivity contribution is 1.11. The Morgan fingerprint density at radius 3 is 2.93 bits per heavy atom. The van der Waals surface area contributed by atoms with Crippen LogP contribution in [0.4, 0.5) is 0 Å². The summed E-state index contributed by atoms with van der Waals surface area (Å²) in [6.45, 7) is 0. The highest BCUT2D eigenvalue weighted by molar-refractivity contribution is 5.91. The molecule has 2 heterocycles. The third kappa shape index (κ3) is 0.956. The molecule has 0 atom stereocenters. The Hall–Kier alpha value is -2.03. The van der Waals surface area contributed by atoms with Crippen LogP contribution >= 0.6 is 0 Å². The van der Waals surface area contributed by atoms with Crippen molar-refractivity contribution < 1.29 is 0 Å². The van der Waals surface area contributed by atoms with Gasteiger partial charge in [0.2, 0.25) is 0 Å². The van der Waals surface area contributed by atoms with Crippen molar-refractivity contribution in [1.29, 1.82) is 0 Å². The van der Waals surface area contributed by atoms with Crippen molar-refractivity contribution >= 4 is 10.9 Å². The van der Waals surface area contributed by atoms with E-state index in [0.717, 1.165) is 22.2 Å². The van der Waals surface area contributed by atoms with Crippen molar-refractivity contribution in [2.45, 2.75) is 0 Å². The summed E-state index contributed by atoms with van der Waals surface area (Å²) < 4.78 is 0. The normalized spacial score (nSPS) is 10.9. The molecule has 1 aromatic rings. The fourth-order valence-corrected chi connectivity index (χ4v) is 1.58. The summed E-state index contributed by atoms with van der Waals surface area (Å²) in [5.41, 5.74) is 2.89. The van der Waals surface area contributed by atoms with Crippen LogP contribution in [-0.4, -0.2) is 15.2 Å². The predicted octanol–water partition coefficient (Wildman–Crippen LogP) is 2.13. The average molecular weight is 181 g/mol. The summed E-state index contributed by atoms with van der Waals surface area (Å²) in [5, 5.41) is 9.04. The minimum atomic E-state index is 0.915. The molecule has 0 amide bonds. The van der Waals surface area contributed by atoms with Crippen LogP contribution in [0.15, 0.2) is 42.7 Å². The van der Waals surface area contributed by atoms with Crippen LogP contribution in [0, 0.1) is 0 Å². The smallest absolute Gasteiger partial charge is 0.104 e. The zero-order chi connectivity index (χ0) is 9.38. The van der Waals surface area contributed by atoms with Crippen molar-refractivity contribution in [1.82, 2.24) is 15.2 Å². The van der Waals surface area contributed by atoms with Gasteiger partial charge < -0.3 is 0 Å². The van der Waals surface area contributed by atoms with Crippen LogP contribution in [0.1, 0.15) is 0 Å². The number of hydrogen-bond acceptors (Lipinski definition) is 3. The first kappa shape index (κ1) is 7.38. The van der Waals surface area contributed by atoms with Crippen LogP contribution in [-0.2, 0) is 0 Å². The SMILES string of the molecule is c1ccc2c3nncc-3ccnc2c1.